The number of methoxy groups -OCH3 is 1. The SMILES string of the molecule is COc1cccc([C@H]2c3cccn3-c3sc4c(c3CN2C(=O)Nc2cccc(C)c2)CCCC4)c1. The van der Waals surface area contributed by atoms with Crippen molar-refractivity contribution >= 4 is 23.1 Å². The Balaban J connectivity index is 1.50. The summed E-state index contributed by atoms with van der Waals surface area (Å²) in [5, 5.41) is 4.44. The molecule has 1 N–H and O–H groups in total. The van der Waals surface area contributed by atoms with Gasteiger partial charge in [0.25, 0.3) is 0 Å². The molecule has 0 fully saturated rings. The van der Waals surface area contributed by atoms with Crippen LogP contribution in [0.5, 0.6) is 5.75 Å². The summed E-state index contributed by atoms with van der Waals surface area (Å²) in [7, 11) is 1.68. The molecule has 4 aromatic rings. The molecule has 0 saturated carbocycles. The van der Waals surface area contributed by atoms with Crippen molar-refractivity contribution in [3.8, 4) is 10.8 Å². The summed E-state index contributed by atoms with van der Waals surface area (Å²) in [6, 6.07) is 19.9. The highest BCUT2D eigenvalue weighted by molar-refractivity contribution is 7.15. The average molecular weight is 484 g/mol. The number of amides is 2. The third kappa shape index (κ3) is 3.92. The smallest absolute Gasteiger partial charge is 0.322 e. The molecule has 178 valence electrons. The minimum atomic E-state index is -0.247. The molecule has 5 nitrogen and oxygen atoms in total. The lowest BCUT2D eigenvalue weighted by atomic mass is 9.95. The van der Waals surface area contributed by atoms with Crippen LogP contribution in [-0.4, -0.2) is 22.6 Å². The molecular weight excluding hydrogens is 454 g/mol. The van der Waals surface area contributed by atoms with Crippen molar-refractivity contribution in [2.45, 2.75) is 45.2 Å². The predicted octanol–water partition coefficient (Wildman–Crippen LogP) is 6.87. The van der Waals surface area contributed by atoms with Gasteiger partial charge in [-0.3, -0.25) is 0 Å². The number of aryl methyl sites for hydroxylation is 2. The molecule has 0 radical (unpaired) electrons. The van der Waals surface area contributed by atoms with Gasteiger partial charge in [-0.05, 0) is 85.7 Å². The fourth-order valence-corrected chi connectivity index (χ4v) is 6.87. The number of carbonyl (C=O) groups is 1. The van der Waals surface area contributed by atoms with Gasteiger partial charge in [0, 0.05) is 22.3 Å². The summed E-state index contributed by atoms with van der Waals surface area (Å²) in [6.45, 7) is 2.61. The fraction of sp³-hybridized carbons (Fsp3) is 0.276. The molecule has 1 atom stereocenters. The largest absolute Gasteiger partial charge is 0.497 e. The normalized spacial score (nSPS) is 16.6. The van der Waals surface area contributed by atoms with Crippen LogP contribution in [0.15, 0.2) is 66.9 Å². The maximum absolute atomic E-state index is 14.0. The highest BCUT2D eigenvalue weighted by Crippen LogP contribution is 2.44. The van der Waals surface area contributed by atoms with Crippen molar-refractivity contribution in [3.05, 3.63) is 99.7 Å². The molecular formula is C29H29N3O2S. The summed E-state index contributed by atoms with van der Waals surface area (Å²) in [6.07, 6.45) is 6.83. The first-order valence-corrected chi connectivity index (χ1v) is 13.0. The van der Waals surface area contributed by atoms with Gasteiger partial charge in [0.2, 0.25) is 0 Å². The topological polar surface area (TPSA) is 46.5 Å². The van der Waals surface area contributed by atoms with Gasteiger partial charge in [-0.1, -0.05) is 24.3 Å². The van der Waals surface area contributed by atoms with Gasteiger partial charge in [-0.2, -0.15) is 0 Å². The average Bonchev–Trinajstić information content (AvgIpc) is 3.46. The third-order valence-corrected chi connectivity index (χ3v) is 8.45. The van der Waals surface area contributed by atoms with E-state index >= 15 is 0 Å². The molecule has 3 heterocycles. The molecule has 1 aliphatic heterocycles. The number of aromatic nitrogens is 1. The number of benzene rings is 2. The van der Waals surface area contributed by atoms with Crippen LogP contribution in [0.2, 0.25) is 0 Å². The fourth-order valence-electron chi connectivity index (χ4n) is 5.47. The van der Waals surface area contributed by atoms with E-state index in [-0.39, 0.29) is 12.1 Å². The van der Waals surface area contributed by atoms with E-state index < -0.39 is 0 Å². The number of nitrogens with zero attached hydrogens (tertiary/aromatic N) is 2. The predicted molar refractivity (Wildman–Crippen MR) is 141 cm³/mol. The molecule has 35 heavy (non-hydrogen) atoms. The van der Waals surface area contributed by atoms with E-state index in [1.165, 1.54) is 33.8 Å². The molecule has 0 saturated heterocycles. The summed E-state index contributed by atoms with van der Waals surface area (Å²) < 4.78 is 7.86. The van der Waals surface area contributed by atoms with Gasteiger partial charge < -0.3 is 19.5 Å². The summed E-state index contributed by atoms with van der Waals surface area (Å²) >= 11 is 1.90. The first kappa shape index (κ1) is 22.0. The summed E-state index contributed by atoms with van der Waals surface area (Å²) in [5.41, 5.74) is 6.81. The molecule has 1 aliphatic carbocycles. The van der Waals surface area contributed by atoms with Crippen molar-refractivity contribution < 1.29 is 9.53 Å². The van der Waals surface area contributed by atoms with E-state index in [0.717, 1.165) is 41.1 Å². The third-order valence-electron chi connectivity index (χ3n) is 7.12. The van der Waals surface area contributed by atoms with E-state index in [1.807, 2.05) is 65.6 Å². The minimum absolute atomic E-state index is 0.0974. The van der Waals surface area contributed by atoms with Crippen molar-refractivity contribution in [2.75, 3.05) is 12.4 Å². The second-order valence-electron chi connectivity index (χ2n) is 9.40. The Kier molecular flexibility index (Phi) is 5.61. The molecule has 2 aliphatic rings. The zero-order chi connectivity index (χ0) is 23.9. The standard InChI is InChI=1S/C29H29N3O2S/c1-19-8-5-10-21(16-19)30-29(33)32-18-24-23-12-3-4-14-26(23)35-28(24)31-15-7-13-25(31)27(32)20-9-6-11-22(17-20)34-2/h5-11,13,15-17,27H,3-4,12,14,18H2,1-2H3,(H,30,33)/t27-/m0/s1. The number of fused-ring (bicyclic) bond motifs is 5. The lowest BCUT2D eigenvalue weighted by Gasteiger charge is -2.31. The number of nitrogens with one attached hydrogen (secondary N) is 1. The van der Waals surface area contributed by atoms with Gasteiger partial charge in [0.15, 0.2) is 0 Å². The van der Waals surface area contributed by atoms with Crippen LogP contribution in [0, 0.1) is 6.92 Å². The van der Waals surface area contributed by atoms with E-state index in [4.69, 9.17) is 4.74 Å². The van der Waals surface area contributed by atoms with Crippen LogP contribution in [0.4, 0.5) is 10.5 Å². The second kappa shape index (κ2) is 8.93. The number of anilines is 1. The van der Waals surface area contributed by atoms with Crippen molar-refractivity contribution in [2.24, 2.45) is 0 Å². The second-order valence-corrected chi connectivity index (χ2v) is 10.5. The van der Waals surface area contributed by atoms with Crippen LogP contribution in [0.3, 0.4) is 0 Å². The Hall–Kier alpha value is -3.51. The number of thiophene rings is 1. The maximum atomic E-state index is 14.0. The van der Waals surface area contributed by atoms with Crippen LogP contribution >= 0.6 is 11.3 Å². The van der Waals surface area contributed by atoms with Crippen molar-refractivity contribution in [3.63, 3.8) is 0 Å². The Morgan fingerprint density at radius 3 is 2.74 bits per heavy atom. The molecule has 0 unspecified atom stereocenters. The molecule has 6 rings (SSSR count). The molecule has 2 amide bonds. The van der Waals surface area contributed by atoms with Gasteiger partial charge in [0.05, 0.1) is 25.4 Å². The van der Waals surface area contributed by atoms with Gasteiger partial charge in [0.1, 0.15) is 10.8 Å². The van der Waals surface area contributed by atoms with E-state index in [0.29, 0.717) is 6.54 Å². The maximum Gasteiger partial charge on any atom is 0.322 e. The van der Waals surface area contributed by atoms with Crippen LogP contribution < -0.4 is 10.1 Å². The monoisotopic (exact) mass is 483 g/mol. The lowest BCUT2D eigenvalue weighted by Crippen LogP contribution is -2.38. The molecule has 2 aromatic heterocycles. The number of carbonyl (C=O) groups excluding carboxylic acids is 1. The summed E-state index contributed by atoms with van der Waals surface area (Å²) in [4.78, 5) is 17.5. The minimum Gasteiger partial charge on any atom is -0.497 e. The lowest BCUT2D eigenvalue weighted by molar-refractivity contribution is 0.194. The number of hydrogen-bond acceptors (Lipinski definition) is 3. The van der Waals surface area contributed by atoms with Crippen LogP contribution in [0.1, 0.15) is 51.7 Å². The van der Waals surface area contributed by atoms with Crippen molar-refractivity contribution in [1.29, 1.82) is 0 Å². The molecule has 6 heteroatoms. The Morgan fingerprint density at radius 2 is 1.89 bits per heavy atom. The highest BCUT2D eigenvalue weighted by Gasteiger charge is 2.36. The molecule has 0 bridgehead atoms. The van der Waals surface area contributed by atoms with Crippen LogP contribution in [0.25, 0.3) is 5.00 Å². The summed E-state index contributed by atoms with van der Waals surface area (Å²) in [5.74, 6) is 0.788. The van der Waals surface area contributed by atoms with Gasteiger partial charge in [-0.25, -0.2) is 4.79 Å². The zero-order valence-electron chi connectivity index (χ0n) is 20.1. The Morgan fingerprint density at radius 1 is 1.03 bits per heavy atom. The number of hydrogen-bond donors (Lipinski definition) is 1. The first-order valence-electron chi connectivity index (χ1n) is 12.2. The quantitative estimate of drug-likeness (QED) is 0.346. The van der Waals surface area contributed by atoms with Gasteiger partial charge >= 0.3 is 6.03 Å². The van der Waals surface area contributed by atoms with E-state index in [2.05, 4.69) is 34.3 Å². The molecule has 2 aromatic carbocycles. The highest BCUT2D eigenvalue weighted by atomic mass is 32.1. The van der Waals surface area contributed by atoms with E-state index in [9.17, 15) is 4.79 Å². The first-order chi connectivity index (χ1) is 17.1. The van der Waals surface area contributed by atoms with Gasteiger partial charge in [-0.15, -0.1) is 11.3 Å². The number of ether oxygens (including phenoxy) is 1. The molecule has 0 spiro atoms. The van der Waals surface area contributed by atoms with Crippen LogP contribution in [-0.2, 0) is 19.4 Å². The Bertz CT molecular complexity index is 1400. The number of urea groups is 1. The Labute approximate surface area is 210 Å². The van der Waals surface area contributed by atoms with E-state index in [1.54, 1.807) is 7.11 Å². The zero-order valence-corrected chi connectivity index (χ0v) is 20.9. The van der Waals surface area contributed by atoms with Crippen molar-refractivity contribution in [1.82, 2.24) is 9.47 Å². The number of rotatable bonds is 3.